The summed E-state index contributed by atoms with van der Waals surface area (Å²) in [5.41, 5.74) is 1.29. The van der Waals surface area contributed by atoms with Crippen LogP contribution in [0.25, 0.3) is 6.08 Å². The molecule has 0 aliphatic carbocycles. The number of fused-ring (bicyclic) bond motifs is 1. The average molecular weight is 566 g/mol. The predicted molar refractivity (Wildman–Crippen MR) is 144 cm³/mol. The summed E-state index contributed by atoms with van der Waals surface area (Å²) < 4.78 is 3.47. The molecule has 180 valence electrons. The Balaban J connectivity index is 0.00000306. The SMILES string of the molecule is CN=C(NCCCn1nc2n(c1=O)CCCC2)N1CCN(C/C=C/c2ccccc2)CC1.I. The molecule has 0 spiro atoms. The number of hydrogen-bond donors (Lipinski definition) is 1. The first-order valence-corrected chi connectivity index (χ1v) is 11.8. The van der Waals surface area contributed by atoms with Crippen molar-refractivity contribution in [3.8, 4) is 0 Å². The second-order valence-corrected chi connectivity index (χ2v) is 8.46. The zero-order valence-corrected chi connectivity index (χ0v) is 21.9. The van der Waals surface area contributed by atoms with Gasteiger partial charge in [-0.05, 0) is 24.8 Å². The maximum atomic E-state index is 12.4. The molecule has 9 heteroatoms. The molecule has 33 heavy (non-hydrogen) atoms. The maximum Gasteiger partial charge on any atom is 0.345 e. The van der Waals surface area contributed by atoms with Crippen molar-refractivity contribution in [1.82, 2.24) is 29.5 Å². The number of halogens is 1. The Labute approximate surface area is 213 Å². The van der Waals surface area contributed by atoms with Gasteiger partial charge in [0.25, 0.3) is 0 Å². The first kappa shape index (κ1) is 25.5. The molecule has 1 N–H and O–H groups in total. The van der Waals surface area contributed by atoms with Crippen LogP contribution in [0.3, 0.4) is 0 Å². The summed E-state index contributed by atoms with van der Waals surface area (Å²) in [5.74, 6) is 1.89. The zero-order valence-electron chi connectivity index (χ0n) is 19.5. The van der Waals surface area contributed by atoms with Crippen LogP contribution in [0.1, 0.15) is 30.7 Å². The summed E-state index contributed by atoms with van der Waals surface area (Å²) in [6.45, 7) is 7.18. The van der Waals surface area contributed by atoms with Gasteiger partial charge in [0.1, 0.15) is 5.82 Å². The minimum Gasteiger partial charge on any atom is -0.356 e. The van der Waals surface area contributed by atoms with Crippen LogP contribution < -0.4 is 11.0 Å². The van der Waals surface area contributed by atoms with E-state index in [0.29, 0.717) is 6.54 Å². The first-order valence-electron chi connectivity index (χ1n) is 11.8. The van der Waals surface area contributed by atoms with Crippen molar-refractivity contribution < 1.29 is 0 Å². The molecule has 0 atom stereocenters. The lowest BCUT2D eigenvalue weighted by Crippen LogP contribution is -2.52. The molecule has 2 aliphatic heterocycles. The summed E-state index contributed by atoms with van der Waals surface area (Å²) in [5, 5.41) is 7.98. The van der Waals surface area contributed by atoms with Gasteiger partial charge in [-0.15, -0.1) is 24.0 Å². The van der Waals surface area contributed by atoms with Gasteiger partial charge in [0.15, 0.2) is 5.96 Å². The molecule has 2 aromatic rings. The molecule has 0 unspecified atom stereocenters. The summed E-state index contributed by atoms with van der Waals surface area (Å²) in [4.78, 5) is 21.7. The number of aromatic nitrogens is 3. The largest absolute Gasteiger partial charge is 0.356 e. The number of benzene rings is 1. The van der Waals surface area contributed by atoms with E-state index < -0.39 is 0 Å². The Morgan fingerprint density at radius 3 is 2.64 bits per heavy atom. The van der Waals surface area contributed by atoms with E-state index in [0.717, 1.165) is 83.3 Å². The minimum atomic E-state index is 0. The Bertz CT molecular complexity index is 974. The van der Waals surface area contributed by atoms with Crippen LogP contribution in [0.2, 0.25) is 0 Å². The molecule has 1 aromatic carbocycles. The fourth-order valence-electron chi connectivity index (χ4n) is 4.40. The molecule has 3 heterocycles. The molecule has 2 aliphatic rings. The minimum absolute atomic E-state index is 0. The molecule has 0 saturated carbocycles. The van der Waals surface area contributed by atoms with Crippen LogP contribution in [-0.4, -0.2) is 76.4 Å². The van der Waals surface area contributed by atoms with Crippen LogP contribution >= 0.6 is 24.0 Å². The van der Waals surface area contributed by atoms with Crippen molar-refractivity contribution in [2.24, 2.45) is 4.99 Å². The molecule has 0 amide bonds. The van der Waals surface area contributed by atoms with Gasteiger partial charge in [-0.2, -0.15) is 5.10 Å². The summed E-state index contributed by atoms with van der Waals surface area (Å²) >= 11 is 0. The molecule has 1 saturated heterocycles. The lowest BCUT2D eigenvalue weighted by molar-refractivity contribution is 0.194. The zero-order chi connectivity index (χ0) is 22.2. The number of aliphatic imine (C=N–C) groups is 1. The fraction of sp³-hybridized carbons (Fsp3) is 0.542. The van der Waals surface area contributed by atoms with Gasteiger partial charge in [-0.25, -0.2) is 9.48 Å². The quantitative estimate of drug-likeness (QED) is 0.242. The van der Waals surface area contributed by atoms with E-state index in [1.165, 1.54) is 5.56 Å². The van der Waals surface area contributed by atoms with E-state index in [1.807, 2.05) is 17.7 Å². The fourth-order valence-corrected chi connectivity index (χ4v) is 4.40. The van der Waals surface area contributed by atoms with Gasteiger partial charge in [0, 0.05) is 65.8 Å². The second kappa shape index (κ2) is 12.9. The summed E-state index contributed by atoms with van der Waals surface area (Å²) in [7, 11) is 1.84. The van der Waals surface area contributed by atoms with Gasteiger partial charge < -0.3 is 10.2 Å². The van der Waals surface area contributed by atoms with Gasteiger partial charge >= 0.3 is 5.69 Å². The lowest BCUT2D eigenvalue weighted by atomic mass is 10.2. The van der Waals surface area contributed by atoms with Crippen molar-refractivity contribution in [1.29, 1.82) is 0 Å². The van der Waals surface area contributed by atoms with Crippen molar-refractivity contribution >= 4 is 36.0 Å². The Morgan fingerprint density at radius 2 is 1.91 bits per heavy atom. The standard InChI is InChI=1S/C24H35N7O.HI/c1-25-23(26-13-8-16-31-24(32)30-15-6-5-12-22(30)27-31)29-19-17-28(18-20-29)14-7-11-21-9-3-2-4-10-21;/h2-4,7,9-11H,5-6,8,12-20H2,1H3,(H,25,26);1H/b11-7+;. The molecule has 4 rings (SSSR count). The first-order chi connectivity index (χ1) is 15.7. The number of rotatable bonds is 7. The van der Waals surface area contributed by atoms with Crippen molar-refractivity contribution in [2.45, 2.75) is 38.8 Å². The number of piperazine rings is 1. The molecule has 0 bridgehead atoms. The van der Waals surface area contributed by atoms with E-state index in [4.69, 9.17) is 0 Å². The number of hydrogen-bond acceptors (Lipinski definition) is 4. The van der Waals surface area contributed by atoms with Gasteiger partial charge in [0.2, 0.25) is 0 Å². The second-order valence-electron chi connectivity index (χ2n) is 8.46. The van der Waals surface area contributed by atoms with E-state index in [-0.39, 0.29) is 29.7 Å². The van der Waals surface area contributed by atoms with Crippen LogP contribution in [0.4, 0.5) is 0 Å². The highest BCUT2D eigenvalue weighted by Crippen LogP contribution is 2.09. The molecular weight excluding hydrogens is 529 g/mol. The van der Waals surface area contributed by atoms with Gasteiger partial charge in [-0.3, -0.25) is 14.5 Å². The molecule has 8 nitrogen and oxygen atoms in total. The van der Waals surface area contributed by atoms with Crippen LogP contribution in [-0.2, 0) is 19.5 Å². The maximum absolute atomic E-state index is 12.4. The molecular formula is C24H36IN7O. The monoisotopic (exact) mass is 565 g/mol. The van der Waals surface area contributed by atoms with Crippen molar-refractivity contribution in [3.05, 3.63) is 58.3 Å². The molecule has 1 aromatic heterocycles. The smallest absolute Gasteiger partial charge is 0.345 e. The highest BCUT2D eigenvalue weighted by Gasteiger charge is 2.19. The molecule has 0 radical (unpaired) electrons. The van der Waals surface area contributed by atoms with E-state index in [2.05, 4.69) is 61.6 Å². The van der Waals surface area contributed by atoms with E-state index in [1.54, 1.807) is 4.68 Å². The number of nitrogens with one attached hydrogen (secondary N) is 1. The predicted octanol–water partition coefficient (Wildman–Crippen LogP) is 2.30. The average Bonchev–Trinajstić information content (AvgIpc) is 3.16. The van der Waals surface area contributed by atoms with E-state index >= 15 is 0 Å². The number of guanidine groups is 1. The number of nitrogens with zero attached hydrogens (tertiary/aromatic N) is 6. The van der Waals surface area contributed by atoms with Crippen molar-refractivity contribution in [3.63, 3.8) is 0 Å². The molecule has 1 fully saturated rings. The normalized spacial score (nSPS) is 17.1. The lowest BCUT2D eigenvalue weighted by Gasteiger charge is -2.36. The topological polar surface area (TPSA) is 70.7 Å². The third kappa shape index (κ3) is 6.92. The number of aryl methyl sites for hydroxylation is 2. The van der Waals surface area contributed by atoms with Gasteiger partial charge in [-0.1, -0.05) is 42.5 Å². The summed E-state index contributed by atoms with van der Waals surface area (Å²) in [6, 6.07) is 10.4. The van der Waals surface area contributed by atoms with E-state index in [9.17, 15) is 4.79 Å². The third-order valence-corrected chi connectivity index (χ3v) is 6.22. The highest BCUT2D eigenvalue weighted by atomic mass is 127. The Hall–Kier alpha value is -2.14. The Kier molecular flexibility index (Phi) is 9.98. The Morgan fingerprint density at radius 1 is 1.12 bits per heavy atom. The highest BCUT2D eigenvalue weighted by molar-refractivity contribution is 14.0. The van der Waals surface area contributed by atoms with Gasteiger partial charge in [0.05, 0.1) is 0 Å². The summed E-state index contributed by atoms with van der Waals surface area (Å²) in [6.07, 6.45) is 8.40. The third-order valence-electron chi connectivity index (χ3n) is 6.22. The van der Waals surface area contributed by atoms with Crippen LogP contribution in [0.5, 0.6) is 0 Å². The van der Waals surface area contributed by atoms with Crippen LogP contribution in [0, 0.1) is 0 Å². The van der Waals surface area contributed by atoms with Crippen LogP contribution in [0.15, 0.2) is 46.2 Å². The van der Waals surface area contributed by atoms with Crippen molar-refractivity contribution in [2.75, 3.05) is 46.3 Å².